The molecule has 4 amide bonds. The number of rotatable bonds is 6. The van der Waals surface area contributed by atoms with E-state index in [1.165, 1.54) is 4.90 Å². The molecule has 10 nitrogen and oxygen atoms in total. The molecule has 3 rings (SSSR count). The first-order valence-corrected chi connectivity index (χ1v) is 9.48. The first kappa shape index (κ1) is 20.1. The quantitative estimate of drug-likeness (QED) is 0.678. The molecule has 2 aliphatic heterocycles. The Kier molecular flexibility index (Phi) is 6.18. The lowest BCUT2D eigenvalue weighted by Gasteiger charge is -2.32. The third kappa shape index (κ3) is 4.44. The summed E-state index contributed by atoms with van der Waals surface area (Å²) in [6, 6.07) is -0.526. The molecule has 3 atom stereocenters. The maximum Gasteiger partial charge on any atom is 0.317 e. The van der Waals surface area contributed by atoms with Gasteiger partial charge in [0, 0.05) is 63.9 Å². The van der Waals surface area contributed by atoms with E-state index in [9.17, 15) is 14.4 Å². The first-order chi connectivity index (χ1) is 13.4. The van der Waals surface area contributed by atoms with E-state index in [4.69, 9.17) is 4.74 Å². The molecule has 0 aromatic carbocycles. The number of methoxy groups -OCH3 is 1. The Morgan fingerprint density at radius 3 is 2.86 bits per heavy atom. The third-order valence-electron chi connectivity index (χ3n) is 5.18. The van der Waals surface area contributed by atoms with E-state index in [0.717, 1.165) is 5.56 Å². The lowest BCUT2D eigenvalue weighted by molar-refractivity contribution is -0.129. The first-order valence-electron chi connectivity index (χ1n) is 9.48. The molecule has 28 heavy (non-hydrogen) atoms. The van der Waals surface area contributed by atoms with Crippen molar-refractivity contribution in [2.75, 3.05) is 39.9 Å². The molecule has 0 radical (unpaired) electrons. The van der Waals surface area contributed by atoms with Gasteiger partial charge in [0.05, 0.1) is 18.8 Å². The summed E-state index contributed by atoms with van der Waals surface area (Å²) >= 11 is 0. The molecule has 2 aliphatic rings. The Bertz CT molecular complexity index is 735. The second-order valence-corrected chi connectivity index (χ2v) is 7.47. The summed E-state index contributed by atoms with van der Waals surface area (Å²) in [5.41, 5.74) is 0.940. The standard InChI is InChI=1S/C18H28N6O4/c1-12-9-23(11-15(25)21-12)18(27)19-7-13-6-16(26)24(4-5-28-3)17(13)14-8-20-22(2)10-14/h8,10,12-13,17H,4-7,9,11H2,1-3H3,(H,19,27)(H,21,25)/t12?,13-,17+/m1/s1. The number of nitrogens with zero attached hydrogens (tertiary/aromatic N) is 4. The minimum Gasteiger partial charge on any atom is -0.383 e. The van der Waals surface area contributed by atoms with Gasteiger partial charge in [0.15, 0.2) is 0 Å². The Morgan fingerprint density at radius 2 is 2.21 bits per heavy atom. The van der Waals surface area contributed by atoms with Crippen LogP contribution in [0.2, 0.25) is 0 Å². The summed E-state index contributed by atoms with van der Waals surface area (Å²) in [6.07, 6.45) is 4.00. The lowest BCUT2D eigenvalue weighted by atomic mass is 9.95. The molecule has 2 N–H and O–H groups in total. The van der Waals surface area contributed by atoms with E-state index >= 15 is 0 Å². The van der Waals surface area contributed by atoms with Gasteiger partial charge in [-0.3, -0.25) is 14.3 Å². The van der Waals surface area contributed by atoms with E-state index < -0.39 is 0 Å². The van der Waals surface area contributed by atoms with Crippen LogP contribution >= 0.6 is 0 Å². The molecule has 2 fully saturated rings. The van der Waals surface area contributed by atoms with Gasteiger partial charge in [0.25, 0.3) is 0 Å². The fourth-order valence-electron chi connectivity index (χ4n) is 3.96. The van der Waals surface area contributed by atoms with Crippen molar-refractivity contribution in [3.05, 3.63) is 18.0 Å². The molecule has 0 spiro atoms. The SMILES string of the molecule is COCCN1C(=O)C[C@H](CNC(=O)N2CC(=O)NC(C)C2)[C@H]1c1cnn(C)c1. The molecule has 1 unspecified atom stereocenters. The van der Waals surface area contributed by atoms with Gasteiger partial charge in [-0.15, -0.1) is 0 Å². The van der Waals surface area contributed by atoms with Crippen molar-refractivity contribution in [3.8, 4) is 0 Å². The number of hydrogen-bond donors (Lipinski definition) is 2. The zero-order valence-corrected chi connectivity index (χ0v) is 16.6. The minimum absolute atomic E-state index is 0.0381. The summed E-state index contributed by atoms with van der Waals surface area (Å²) in [5, 5.41) is 9.93. The van der Waals surface area contributed by atoms with Crippen LogP contribution in [0.1, 0.15) is 24.9 Å². The fourth-order valence-corrected chi connectivity index (χ4v) is 3.96. The molecule has 10 heteroatoms. The van der Waals surface area contributed by atoms with Crippen molar-refractivity contribution in [1.29, 1.82) is 0 Å². The van der Waals surface area contributed by atoms with Crippen molar-refractivity contribution in [1.82, 2.24) is 30.2 Å². The summed E-state index contributed by atoms with van der Waals surface area (Å²) < 4.78 is 6.85. The van der Waals surface area contributed by atoms with Crippen LogP contribution in [0.5, 0.6) is 0 Å². The Labute approximate surface area is 164 Å². The van der Waals surface area contributed by atoms with Gasteiger partial charge >= 0.3 is 6.03 Å². The molecular formula is C18H28N6O4. The Hall–Kier alpha value is -2.62. The third-order valence-corrected chi connectivity index (χ3v) is 5.18. The Morgan fingerprint density at radius 1 is 1.43 bits per heavy atom. The summed E-state index contributed by atoms with van der Waals surface area (Å²) in [5.74, 6) is -0.200. The smallest absolute Gasteiger partial charge is 0.317 e. The predicted octanol–water partition coefficient (Wildman–Crippen LogP) is -0.514. The lowest BCUT2D eigenvalue weighted by Crippen LogP contribution is -2.57. The van der Waals surface area contributed by atoms with Crippen molar-refractivity contribution in [3.63, 3.8) is 0 Å². The molecule has 2 saturated heterocycles. The number of amides is 4. The van der Waals surface area contributed by atoms with Crippen LogP contribution in [-0.4, -0.2) is 83.4 Å². The number of likely N-dealkylation sites (tertiary alicyclic amines) is 1. The van der Waals surface area contributed by atoms with Crippen molar-refractivity contribution in [2.45, 2.75) is 25.4 Å². The number of piperazine rings is 1. The summed E-state index contributed by atoms with van der Waals surface area (Å²) in [7, 11) is 3.44. The minimum atomic E-state index is -0.283. The predicted molar refractivity (Wildman–Crippen MR) is 100 cm³/mol. The molecule has 154 valence electrons. The number of carbonyl (C=O) groups excluding carboxylic acids is 3. The molecule has 3 heterocycles. The molecule has 1 aromatic rings. The monoisotopic (exact) mass is 392 g/mol. The normalized spacial score (nSPS) is 25.2. The highest BCUT2D eigenvalue weighted by molar-refractivity contribution is 5.85. The molecular weight excluding hydrogens is 364 g/mol. The number of nitrogens with one attached hydrogen (secondary N) is 2. The van der Waals surface area contributed by atoms with E-state index in [-0.39, 0.29) is 42.4 Å². The molecule has 0 bridgehead atoms. The maximum atomic E-state index is 12.6. The van der Waals surface area contributed by atoms with E-state index in [2.05, 4.69) is 15.7 Å². The Balaban J connectivity index is 1.68. The number of carbonyl (C=O) groups is 3. The van der Waals surface area contributed by atoms with E-state index in [1.807, 2.05) is 20.2 Å². The van der Waals surface area contributed by atoms with Gasteiger partial charge in [-0.25, -0.2) is 4.79 Å². The second-order valence-electron chi connectivity index (χ2n) is 7.47. The molecule has 1 aromatic heterocycles. The van der Waals surface area contributed by atoms with Crippen molar-refractivity contribution < 1.29 is 19.1 Å². The number of ether oxygens (including phenoxy) is 1. The summed E-state index contributed by atoms with van der Waals surface area (Å²) in [6.45, 7) is 3.66. The van der Waals surface area contributed by atoms with Gasteiger partial charge in [0.2, 0.25) is 11.8 Å². The second kappa shape index (κ2) is 8.59. The van der Waals surface area contributed by atoms with Crippen LogP contribution in [0.4, 0.5) is 4.79 Å². The van der Waals surface area contributed by atoms with Gasteiger partial charge in [-0.1, -0.05) is 0 Å². The van der Waals surface area contributed by atoms with E-state index in [0.29, 0.717) is 32.7 Å². The zero-order valence-electron chi connectivity index (χ0n) is 16.6. The number of aromatic nitrogens is 2. The van der Waals surface area contributed by atoms with Crippen LogP contribution < -0.4 is 10.6 Å². The molecule has 0 aliphatic carbocycles. The van der Waals surface area contributed by atoms with Gasteiger partial charge in [0.1, 0.15) is 6.54 Å². The molecule has 0 saturated carbocycles. The van der Waals surface area contributed by atoms with Crippen molar-refractivity contribution in [2.24, 2.45) is 13.0 Å². The highest BCUT2D eigenvalue weighted by Gasteiger charge is 2.41. The van der Waals surface area contributed by atoms with Crippen LogP contribution in [0.3, 0.4) is 0 Å². The van der Waals surface area contributed by atoms with Crippen LogP contribution in [0, 0.1) is 5.92 Å². The van der Waals surface area contributed by atoms with Gasteiger partial charge in [-0.2, -0.15) is 5.10 Å². The van der Waals surface area contributed by atoms with E-state index in [1.54, 1.807) is 22.9 Å². The van der Waals surface area contributed by atoms with Crippen LogP contribution in [-0.2, 0) is 21.4 Å². The van der Waals surface area contributed by atoms with Gasteiger partial charge in [-0.05, 0) is 6.92 Å². The van der Waals surface area contributed by atoms with Crippen LogP contribution in [0.25, 0.3) is 0 Å². The van der Waals surface area contributed by atoms with Gasteiger partial charge < -0.3 is 25.2 Å². The van der Waals surface area contributed by atoms with Crippen molar-refractivity contribution >= 4 is 17.8 Å². The highest BCUT2D eigenvalue weighted by Crippen LogP contribution is 2.37. The number of aryl methyl sites for hydroxylation is 1. The average molecular weight is 392 g/mol. The fraction of sp³-hybridized carbons (Fsp3) is 0.667. The number of urea groups is 1. The average Bonchev–Trinajstić information content (AvgIpc) is 3.19. The largest absolute Gasteiger partial charge is 0.383 e. The zero-order chi connectivity index (χ0) is 20.3. The highest BCUT2D eigenvalue weighted by atomic mass is 16.5. The summed E-state index contributed by atoms with van der Waals surface area (Å²) in [4.78, 5) is 40.1. The number of hydrogen-bond acceptors (Lipinski definition) is 5. The maximum absolute atomic E-state index is 12.6. The topological polar surface area (TPSA) is 109 Å². The van der Waals surface area contributed by atoms with Crippen LogP contribution in [0.15, 0.2) is 12.4 Å².